The van der Waals surface area contributed by atoms with Crippen LogP contribution < -0.4 is 0 Å². The van der Waals surface area contributed by atoms with Gasteiger partial charge in [-0.2, -0.15) is 5.10 Å². The van der Waals surface area contributed by atoms with Crippen molar-refractivity contribution in [1.29, 1.82) is 0 Å². The SMILES string of the molecule is CC12CC3CC(C)(C1)CC(n1c(CO)n[nH]c1=S)(C3)C2. The molecule has 4 nitrogen and oxygen atoms in total. The fourth-order valence-corrected chi connectivity index (χ4v) is 6.91. The van der Waals surface area contributed by atoms with Gasteiger partial charge in [0.05, 0.1) is 0 Å². The average molecular weight is 293 g/mol. The van der Waals surface area contributed by atoms with E-state index in [9.17, 15) is 5.11 Å². The maximum absolute atomic E-state index is 9.61. The van der Waals surface area contributed by atoms with Gasteiger partial charge in [-0.3, -0.25) is 9.67 Å². The first-order valence-electron chi connectivity index (χ1n) is 7.65. The van der Waals surface area contributed by atoms with E-state index in [2.05, 4.69) is 28.6 Å². The largest absolute Gasteiger partial charge is 0.388 e. The quantitative estimate of drug-likeness (QED) is 0.824. The van der Waals surface area contributed by atoms with Gasteiger partial charge in [0.2, 0.25) is 0 Å². The summed E-state index contributed by atoms with van der Waals surface area (Å²) >= 11 is 5.48. The lowest BCUT2D eigenvalue weighted by Crippen LogP contribution is -2.59. The van der Waals surface area contributed by atoms with Gasteiger partial charge < -0.3 is 5.11 Å². The topological polar surface area (TPSA) is 53.8 Å². The highest BCUT2D eigenvalue weighted by molar-refractivity contribution is 7.71. The van der Waals surface area contributed by atoms with Crippen LogP contribution >= 0.6 is 12.2 Å². The van der Waals surface area contributed by atoms with Gasteiger partial charge in [0, 0.05) is 5.54 Å². The van der Waals surface area contributed by atoms with Crippen molar-refractivity contribution in [3.05, 3.63) is 10.6 Å². The third kappa shape index (κ3) is 1.62. The molecule has 1 aromatic rings. The molecule has 1 heterocycles. The Kier molecular flexibility index (Phi) is 2.44. The normalized spacial score (nSPS) is 46.0. The molecule has 1 aromatic heterocycles. The summed E-state index contributed by atoms with van der Waals surface area (Å²) in [6.07, 6.45) is 7.66. The van der Waals surface area contributed by atoms with Crippen molar-refractivity contribution in [2.75, 3.05) is 0 Å². The van der Waals surface area contributed by atoms with Gasteiger partial charge in [-0.25, -0.2) is 0 Å². The predicted octanol–water partition coefficient (Wildman–Crippen LogP) is 3.14. The lowest BCUT2D eigenvalue weighted by atomic mass is 9.42. The molecule has 0 saturated heterocycles. The maximum Gasteiger partial charge on any atom is 0.195 e. The molecule has 4 aliphatic carbocycles. The third-order valence-corrected chi connectivity index (χ3v) is 6.23. The number of aliphatic hydroxyl groups is 1. The summed E-state index contributed by atoms with van der Waals surface area (Å²) in [5, 5.41) is 16.7. The molecule has 5 rings (SSSR count). The van der Waals surface area contributed by atoms with Crippen molar-refractivity contribution in [2.24, 2.45) is 16.7 Å². The molecule has 4 saturated carbocycles. The highest BCUT2D eigenvalue weighted by Crippen LogP contribution is 2.68. The zero-order valence-corrected chi connectivity index (χ0v) is 13.1. The first-order valence-corrected chi connectivity index (χ1v) is 8.06. The van der Waals surface area contributed by atoms with E-state index in [-0.39, 0.29) is 12.1 Å². The highest BCUT2D eigenvalue weighted by Gasteiger charge is 2.61. The van der Waals surface area contributed by atoms with Gasteiger partial charge in [0.1, 0.15) is 6.61 Å². The molecule has 2 N–H and O–H groups in total. The number of rotatable bonds is 2. The van der Waals surface area contributed by atoms with Crippen LogP contribution in [0.1, 0.15) is 58.2 Å². The van der Waals surface area contributed by atoms with Gasteiger partial charge in [0.25, 0.3) is 0 Å². The Morgan fingerprint density at radius 3 is 2.45 bits per heavy atom. The molecule has 0 radical (unpaired) electrons. The number of hydrogen-bond donors (Lipinski definition) is 2. The van der Waals surface area contributed by atoms with E-state index in [1.54, 1.807) is 0 Å². The number of nitrogens with one attached hydrogen (secondary N) is 1. The number of aromatic amines is 1. The average Bonchev–Trinajstić information content (AvgIpc) is 2.66. The zero-order chi connectivity index (χ0) is 14.2. The number of hydrogen-bond acceptors (Lipinski definition) is 3. The van der Waals surface area contributed by atoms with Gasteiger partial charge in [-0.1, -0.05) is 13.8 Å². The first-order chi connectivity index (χ1) is 9.37. The fourth-order valence-electron chi connectivity index (χ4n) is 6.56. The van der Waals surface area contributed by atoms with Crippen molar-refractivity contribution in [1.82, 2.24) is 14.8 Å². The Balaban J connectivity index is 1.89. The van der Waals surface area contributed by atoms with Crippen LogP contribution in [0.3, 0.4) is 0 Å². The Hall–Kier alpha value is -0.680. The summed E-state index contributed by atoms with van der Waals surface area (Å²) in [5.74, 6) is 1.52. The van der Waals surface area contributed by atoms with Crippen LogP contribution in [0, 0.1) is 21.5 Å². The molecule has 20 heavy (non-hydrogen) atoms. The fraction of sp³-hybridized carbons (Fsp3) is 0.867. The van der Waals surface area contributed by atoms with Crippen LogP contribution in [0.15, 0.2) is 0 Å². The molecule has 4 bridgehead atoms. The molecule has 0 aromatic carbocycles. The maximum atomic E-state index is 9.61. The standard InChI is InChI=1S/C15H23N3OS/c1-13-3-10-4-14(2,7-13)9-15(5-10,8-13)18-11(6-19)16-17-12(18)20/h10,19H,3-9H2,1-2H3,(H,17,20). The summed E-state index contributed by atoms with van der Waals surface area (Å²) in [6, 6.07) is 0. The van der Waals surface area contributed by atoms with E-state index < -0.39 is 0 Å². The number of H-pyrrole nitrogens is 1. The smallest absolute Gasteiger partial charge is 0.195 e. The van der Waals surface area contributed by atoms with Crippen LogP contribution in [-0.2, 0) is 12.1 Å². The molecule has 5 heteroatoms. The Morgan fingerprint density at radius 1 is 1.25 bits per heavy atom. The van der Waals surface area contributed by atoms with Gasteiger partial charge >= 0.3 is 0 Å². The molecule has 110 valence electrons. The van der Waals surface area contributed by atoms with E-state index >= 15 is 0 Å². The van der Waals surface area contributed by atoms with E-state index in [1.165, 1.54) is 38.5 Å². The van der Waals surface area contributed by atoms with Crippen LogP contribution in [0.5, 0.6) is 0 Å². The zero-order valence-electron chi connectivity index (χ0n) is 12.3. The molecule has 0 spiro atoms. The minimum absolute atomic E-state index is 0.0347. The summed E-state index contributed by atoms with van der Waals surface area (Å²) < 4.78 is 2.85. The monoisotopic (exact) mass is 293 g/mol. The molecule has 4 aliphatic rings. The Labute approximate surface area is 124 Å². The molecule has 4 fully saturated rings. The van der Waals surface area contributed by atoms with Gasteiger partial charge in [0.15, 0.2) is 10.6 Å². The predicted molar refractivity (Wildman–Crippen MR) is 78.7 cm³/mol. The first kappa shape index (κ1) is 13.0. The van der Waals surface area contributed by atoms with E-state index in [4.69, 9.17) is 12.2 Å². The van der Waals surface area contributed by atoms with Crippen LogP contribution in [0.2, 0.25) is 0 Å². The molecular formula is C15H23N3OS. The lowest BCUT2D eigenvalue weighted by Gasteiger charge is -2.65. The lowest BCUT2D eigenvalue weighted by molar-refractivity contribution is -0.137. The van der Waals surface area contributed by atoms with Gasteiger partial charge in [-0.15, -0.1) is 0 Å². The highest BCUT2D eigenvalue weighted by atomic mass is 32.1. The van der Waals surface area contributed by atoms with E-state index in [0.29, 0.717) is 21.4 Å². The summed E-state index contributed by atoms with van der Waals surface area (Å²) in [4.78, 5) is 0. The molecular weight excluding hydrogens is 270 g/mol. The summed E-state index contributed by atoms with van der Waals surface area (Å²) in [5.41, 5.74) is 0.963. The van der Waals surface area contributed by atoms with Crippen molar-refractivity contribution in [3.8, 4) is 0 Å². The van der Waals surface area contributed by atoms with E-state index in [1.807, 2.05) is 0 Å². The van der Waals surface area contributed by atoms with Crippen LogP contribution in [0.4, 0.5) is 0 Å². The Bertz CT molecular complexity index is 601. The second kappa shape index (κ2) is 3.74. The molecule has 2 atom stereocenters. The Morgan fingerprint density at radius 2 is 1.90 bits per heavy atom. The summed E-state index contributed by atoms with van der Waals surface area (Å²) in [7, 11) is 0. The number of aromatic nitrogens is 3. The number of nitrogens with zero attached hydrogens (tertiary/aromatic N) is 2. The van der Waals surface area contributed by atoms with Crippen LogP contribution in [0.25, 0.3) is 0 Å². The van der Waals surface area contributed by atoms with Crippen molar-refractivity contribution in [3.63, 3.8) is 0 Å². The number of aliphatic hydroxyl groups excluding tert-OH is 1. The third-order valence-electron chi connectivity index (χ3n) is 5.95. The molecule has 0 amide bonds. The second-order valence-corrected chi connectivity index (χ2v) is 8.68. The second-order valence-electron chi connectivity index (χ2n) is 8.29. The van der Waals surface area contributed by atoms with Crippen molar-refractivity contribution < 1.29 is 5.11 Å². The van der Waals surface area contributed by atoms with E-state index in [0.717, 1.165) is 5.92 Å². The van der Waals surface area contributed by atoms with Crippen LogP contribution in [-0.4, -0.2) is 19.9 Å². The minimum Gasteiger partial charge on any atom is -0.388 e. The van der Waals surface area contributed by atoms with Crippen molar-refractivity contribution in [2.45, 2.75) is 64.5 Å². The van der Waals surface area contributed by atoms with Crippen molar-refractivity contribution >= 4 is 12.2 Å². The summed E-state index contributed by atoms with van der Waals surface area (Å²) in [6.45, 7) is 4.87. The van der Waals surface area contributed by atoms with Gasteiger partial charge in [-0.05, 0) is 67.5 Å². The molecule has 2 unspecified atom stereocenters. The minimum atomic E-state index is -0.0347. The molecule has 0 aliphatic heterocycles.